The Morgan fingerprint density at radius 3 is 1.44 bits per heavy atom. The molecule has 3 unspecified atom stereocenters. The molecule has 368 valence electrons. The molecule has 0 fully saturated rings. The van der Waals surface area contributed by atoms with Crippen molar-refractivity contribution in [2.45, 2.75) is 206 Å². The summed E-state index contributed by atoms with van der Waals surface area (Å²) in [6.45, 7) is 4.63. The number of nitrogens with zero attached hydrogens (tertiary/aromatic N) is 1. The molecule has 8 nitrogen and oxygen atoms in total. The lowest BCUT2D eigenvalue weighted by Crippen LogP contribution is -2.45. The first-order valence-electron chi connectivity index (χ1n) is 25.6. The molecule has 3 N–H and O–H groups in total. The summed E-state index contributed by atoms with van der Waals surface area (Å²) in [5.74, 6) is -0.195. The average Bonchev–Trinajstić information content (AvgIpc) is 3.25. The number of hydrogen-bond donors (Lipinski definition) is 3. The molecule has 9 heteroatoms. The molecule has 0 aliphatic rings. The van der Waals surface area contributed by atoms with Crippen molar-refractivity contribution in [1.29, 1.82) is 0 Å². The molecule has 0 aromatic heterocycles. The maximum Gasteiger partial charge on any atom is 0.472 e. The van der Waals surface area contributed by atoms with E-state index in [0.717, 1.165) is 77.0 Å². The molecule has 0 rings (SSSR count). The Labute approximate surface area is 394 Å². The fraction of sp³-hybridized carbons (Fsp3) is 0.691. The summed E-state index contributed by atoms with van der Waals surface area (Å²) in [5, 5.41) is 13.8. The van der Waals surface area contributed by atoms with Crippen LogP contribution >= 0.6 is 7.82 Å². The molecule has 0 aromatic carbocycles. The SMILES string of the molecule is CC/C=C\C/C=C\C/C=C\C/C=C\C/C=C\C/C=C\CCCCCCCCCCCCCCC(=O)NC(COP(=O)(O)OCC[N+](C)(C)C)C(O)/C=C/CC/C=C/CCCCCCC. The van der Waals surface area contributed by atoms with Gasteiger partial charge in [0.2, 0.25) is 5.91 Å². The van der Waals surface area contributed by atoms with Crippen LogP contribution in [0.5, 0.6) is 0 Å². The van der Waals surface area contributed by atoms with E-state index >= 15 is 0 Å². The Bertz CT molecular complexity index is 1360. The first-order valence-corrected chi connectivity index (χ1v) is 27.1. The van der Waals surface area contributed by atoms with Gasteiger partial charge >= 0.3 is 7.82 Å². The lowest BCUT2D eigenvalue weighted by atomic mass is 10.0. The second-order valence-electron chi connectivity index (χ2n) is 18.2. The molecule has 0 aliphatic heterocycles. The van der Waals surface area contributed by atoms with E-state index in [0.29, 0.717) is 17.4 Å². The van der Waals surface area contributed by atoms with E-state index in [2.05, 4.69) is 104 Å². The van der Waals surface area contributed by atoms with Gasteiger partial charge in [0.05, 0.1) is 39.9 Å². The van der Waals surface area contributed by atoms with Crippen molar-refractivity contribution in [3.05, 3.63) is 97.2 Å². The van der Waals surface area contributed by atoms with Gasteiger partial charge in [-0.2, -0.15) is 0 Å². The first-order chi connectivity index (χ1) is 31.0. The van der Waals surface area contributed by atoms with Gasteiger partial charge in [-0.05, 0) is 83.5 Å². The predicted molar refractivity (Wildman–Crippen MR) is 276 cm³/mol. The number of unbranched alkanes of at least 4 members (excludes halogenated alkanes) is 18. The highest BCUT2D eigenvalue weighted by atomic mass is 31.2. The summed E-state index contributed by atoms with van der Waals surface area (Å²) in [6.07, 6.45) is 65.0. The number of carbonyl (C=O) groups excluding carboxylic acids is 1. The minimum absolute atomic E-state index is 0.0514. The molecule has 0 bridgehead atoms. The minimum Gasteiger partial charge on any atom is -0.387 e. The number of phosphoric ester groups is 1. The summed E-state index contributed by atoms with van der Waals surface area (Å²) >= 11 is 0. The molecule has 0 spiro atoms. The van der Waals surface area contributed by atoms with E-state index in [1.807, 2.05) is 27.2 Å². The van der Waals surface area contributed by atoms with Gasteiger partial charge in [0.15, 0.2) is 0 Å². The van der Waals surface area contributed by atoms with Crippen molar-refractivity contribution < 1.29 is 32.9 Å². The van der Waals surface area contributed by atoms with Crippen LogP contribution in [0.25, 0.3) is 0 Å². The zero-order valence-electron chi connectivity index (χ0n) is 41.7. The second kappa shape index (κ2) is 45.6. The number of carbonyl (C=O) groups is 1. The Morgan fingerprint density at radius 2 is 0.953 bits per heavy atom. The zero-order chi connectivity index (χ0) is 47.1. The van der Waals surface area contributed by atoms with Crippen molar-refractivity contribution in [2.75, 3.05) is 40.9 Å². The Balaban J connectivity index is 4.15. The van der Waals surface area contributed by atoms with Crippen LogP contribution in [0.1, 0.15) is 194 Å². The molecule has 64 heavy (non-hydrogen) atoms. The van der Waals surface area contributed by atoms with Crippen molar-refractivity contribution in [1.82, 2.24) is 5.32 Å². The van der Waals surface area contributed by atoms with Crippen molar-refractivity contribution in [2.24, 2.45) is 0 Å². The monoisotopic (exact) mass is 914 g/mol. The summed E-state index contributed by atoms with van der Waals surface area (Å²) in [7, 11) is 1.54. The molecule has 3 atom stereocenters. The van der Waals surface area contributed by atoms with E-state index in [4.69, 9.17) is 9.05 Å². The lowest BCUT2D eigenvalue weighted by molar-refractivity contribution is -0.870. The standard InChI is InChI=1S/C55H97N2O6P/c1-6-8-10-12-14-16-18-19-20-21-22-23-24-25-26-27-28-29-30-31-32-33-34-35-36-37-39-41-43-45-47-49-55(59)56-53(52-63-64(60,61)62-51-50-57(3,4)5)54(58)48-46-44-42-40-38-17-15-13-11-9-7-2/h8,10,14,16,19-20,22-23,25-26,28-29,38,40,46,48,53-54,58H,6-7,9,11-13,15,17-18,21,24,27,30-37,39,41-45,47,49-52H2,1-5H3,(H-,56,59,60,61)/p+1/b10-8-,16-14-,20-19-,23-22-,26-25-,29-28-,40-38+,48-46+. The van der Waals surface area contributed by atoms with Crippen LogP contribution in [0.2, 0.25) is 0 Å². The summed E-state index contributed by atoms with van der Waals surface area (Å²) < 4.78 is 23.5. The number of allylic oxidation sites excluding steroid dienone is 15. The number of amides is 1. The maximum absolute atomic E-state index is 12.9. The number of phosphoric acid groups is 1. The molecule has 0 radical (unpaired) electrons. The number of quaternary nitrogens is 1. The topological polar surface area (TPSA) is 105 Å². The van der Waals surface area contributed by atoms with Crippen LogP contribution in [-0.2, 0) is 18.4 Å². The van der Waals surface area contributed by atoms with Crippen LogP contribution in [0, 0.1) is 0 Å². The molecular weight excluding hydrogens is 816 g/mol. The van der Waals surface area contributed by atoms with Gasteiger partial charge in [0.25, 0.3) is 0 Å². The number of aliphatic hydroxyl groups is 1. The van der Waals surface area contributed by atoms with Gasteiger partial charge in [-0.1, -0.05) is 201 Å². The van der Waals surface area contributed by atoms with E-state index in [1.165, 1.54) is 96.3 Å². The number of likely N-dealkylation sites (N-methyl/N-ethyl adjacent to an activating group) is 1. The number of aliphatic hydroxyl groups excluding tert-OH is 1. The van der Waals surface area contributed by atoms with Crippen LogP contribution < -0.4 is 5.32 Å². The average molecular weight is 914 g/mol. The molecule has 0 heterocycles. The lowest BCUT2D eigenvalue weighted by Gasteiger charge is -2.25. The fourth-order valence-electron chi connectivity index (χ4n) is 6.77. The Hall–Kier alpha value is -2.58. The van der Waals surface area contributed by atoms with Gasteiger partial charge < -0.3 is 19.8 Å². The van der Waals surface area contributed by atoms with Gasteiger partial charge in [-0.25, -0.2) is 4.57 Å². The summed E-state index contributed by atoms with van der Waals surface area (Å²) in [4.78, 5) is 23.2. The number of rotatable bonds is 45. The van der Waals surface area contributed by atoms with Crippen LogP contribution in [0.3, 0.4) is 0 Å². The van der Waals surface area contributed by atoms with Gasteiger partial charge in [0.1, 0.15) is 13.2 Å². The largest absolute Gasteiger partial charge is 0.472 e. The molecule has 0 saturated carbocycles. The van der Waals surface area contributed by atoms with Crippen LogP contribution in [-0.4, -0.2) is 73.4 Å². The van der Waals surface area contributed by atoms with Crippen molar-refractivity contribution in [3.8, 4) is 0 Å². The third kappa shape index (κ3) is 47.4. The second-order valence-corrected chi connectivity index (χ2v) is 19.6. The molecular formula is C55H98N2O6P+. The smallest absolute Gasteiger partial charge is 0.387 e. The third-order valence-electron chi connectivity index (χ3n) is 10.8. The van der Waals surface area contributed by atoms with Gasteiger partial charge in [-0.15, -0.1) is 0 Å². The Kier molecular flexibility index (Phi) is 43.7. The highest BCUT2D eigenvalue weighted by molar-refractivity contribution is 7.47. The molecule has 0 aliphatic carbocycles. The number of hydrogen-bond acceptors (Lipinski definition) is 5. The quantitative estimate of drug-likeness (QED) is 0.0243. The van der Waals surface area contributed by atoms with Crippen LogP contribution in [0.15, 0.2) is 97.2 Å². The highest BCUT2D eigenvalue weighted by Crippen LogP contribution is 2.43. The fourth-order valence-corrected chi connectivity index (χ4v) is 7.50. The molecule has 0 saturated heterocycles. The van der Waals surface area contributed by atoms with E-state index in [1.54, 1.807) is 6.08 Å². The first kappa shape index (κ1) is 61.4. The predicted octanol–water partition coefficient (Wildman–Crippen LogP) is 15.1. The van der Waals surface area contributed by atoms with Crippen molar-refractivity contribution >= 4 is 13.7 Å². The zero-order valence-corrected chi connectivity index (χ0v) is 42.6. The van der Waals surface area contributed by atoms with Gasteiger partial charge in [0, 0.05) is 6.42 Å². The third-order valence-corrected chi connectivity index (χ3v) is 11.8. The molecule has 0 aromatic rings. The highest BCUT2D eigenvalue weighted by Gasteiger charge is 2.27. The van der Waals surface area contributed by atoms with Crippen LogP contribution in [0.4, 0.5) is 0 Å². The Morgan fingerprint density at radius 1 is 0.547 bits per heavy atom. The van der Waals surface area contributed by atoms with Gasteiger partial charge in [-0.3, -0.25) is 13.8 Å². The number of nitrogens with one attached hydrogen (secondary N) is 1. The summed E-state index contributed by atoms with van der Waals surface area (Å²) in [6, 6.07) is -0.868. The van der Waals surface area contributed by atoms with E-state index < -0.39 is 20.0 Å². The maximum atomic E-state index is 12.9. The normalized spacial score (nSPS) is 14.9. The summed E-state index contributed by atoms with van der Waals surface area (Å²) in [5.41, 5.74) is 0. The van der Waals surface area contributed by atoms with Crippen molar-refractivity contribution in [3.63, 3.8) is 0 Å². The molecule has 1 amide bonds. The van der Waals surface area contributed by atoms with E-state index in [-0.39, 0.29) is 19.1 Å². The minimum atomic E-state index is -4.35. The van der Waals surface area contributed by atoms with E-state index in [9.17, 15) is 19.4 Å².